The summed E-state index contributed by atoms with van der Waals surface area (Å²) in [5, 5.41) is 17.6. The van der Waals surface area contributed by atoms with Crippen LogP contribution in [0.3, 0.4) is 0 Å². The minimum atomic E-state index is -0.239. The summed E-state index contributed by atoms with van der Waals surface area (Å²) in [4.78, 5) is 0. The van der Waals surface area contributed by atoms with Gasteiger partial charge in [0.1, 0.15) is 0 Å². The van der Waals surface area contributed by atoms with Crippen molar-refractivity contribution in [3.8, 4) is 0 Å². The van der Waals surface area contributed by atoms with Crippen LogP contribution in [0.25, 0.3) is 0 Å². The second-order valence-electron chi connectivity index (χ2n) is 2.41. The van der Waals surface area contributed by atoms with E-state index in [1.54, 1.807) is 0 Å². The molecule has 0 spiro atoms. The SMILES string of the molecule is OCC[C@H]1C=CC[C@H]1O. The van der Waals surface area contributed by atoms with E-state index in [0.29, 0.717) is 6.42 Å². The molecule has 0 saturated heterocycles. The van der Waals surface area contributed by atoms with Gasteiger partial charge in [0.25, 0.3) is 0 Å². The maximum absolute atomic E-state index is 9.15. The fourth-order valence-corrected chi connectivity index (χ4v) is 1.13. The Morgan fingerprint density at radius 2 is 2.33 bits per heavy atom. The highest BCUT2D eigenvalue weighted by Crippen LogP contribution is 2.20. The van der Waals surface area contributed by atoms with E-state index in [0.717, 1.165) is 6.42 Å². The molecule has 2 nitrogen and oxygen atoms in total. The standard InChI is InChI=1S/C7H12O2/c8-5-4-6-2-1-3-7(6)9/h1-2,6-9H,3-5H2/t6-,7-/m1/s1. The summed E-state index contributed by atoms with van der Waals surface area (Å²) < 4.78 is 0. The van der Waals surface area contributed by atoms with Crippen molar-refractivity contribution in [2.45, 2.75) is 18.9 Å². The molecule has 0 bridgehead atoms. The van der Waals surface area contributed by atoms with Crippen LogP contribution in [0.4, 0.5) is 0 Å². The van der Waals surface area contributed by atoms with Gasteiger partial charge in [0, 0.05) is 12.5 Å². The number of hydrogen-bond acceptors (Lipinski definition) is 2. The molecular formula is C7H12O2. The van der Waals surface area contributed by atoms with Crippen LogP contribution in [0.15, 0.2) is 12.2 Å². The van der Waals surface area contributed by atoms with Crippen LogP contribution in [0.2, 0.25) is 0 Å². The molecule has 0 aromatic heterocycles. The van der Waals surface area contributed by atoms with Crippen molar-refractivity contribution in [3.63, 3.8) is 0 Å². The highest BCUT2D eigenvalue weighted by molar-refractivity contribution is 5.01. The van der Waals surface area contributed by atoms with E-state index in [4.69, 9.17) is 10.2 Å². The van der Waals surface area contributed by atoms with E-state index in [2.05, 4.69) is 0 Å². The average molecular weight is 128 g/mol. The molecule has 1 rings (SSSR count). The lowest BCUT2D eigenvalue weighted by Gasteiger charge is -2.10. The van der Waals surface area contributed by atoms with Gasteiger partial charge in [0.05, 0.1) is 6.10 Å². The first-order valence-corrected chi connectivity index (χ1v) is 3.30. The summed E-state index contributed by atoms with van der Waals surface area (Å²) in [5.41, 5.74) is 0. The topological polar surface area (TPSA) is 40.5 Å². The number of rotatable bonds is 2. The monoisotopic (exact) mass is 128 g/mol. The second-order valence-corrected chi connectivity index (χ2v) is 2.41. The quantitative estimate of drug-likeness (QED) is 0.525. The van der Waals surface area contributed by atoms with Crippen LogP contribution < -0.4 is 0 Å². The molecule has 0 fully saturated rings. The molecular weight excluding hydrogens is 116 g/mol. The van der Waals surface area contributed by atoms with Crippen LogP contribution >= 0.6 is 0 Å². The highest BCUT2D eigenvalue weighted by atomic mass is 16.3. The third-order valence-corrected chi connectivity index (χ3v) is 1.72. The largest absolute Gasteiger partial charge is 0.396 e. The molecule has 52 valence electrons. The smallest absolute Gasteiger partial charge is 0.0638 e. The first-order chi connectivity index (χ1) is 4.34. The van der Waals surface area contributed by atoms with Crippen LogP contribution in [0.1, 0.15) is 12.8 Å². The Kier molecular flexibility index (Phi) is 2.25. The molecule has 0 aromatic rings. The number of aliphatic hydroxyl groups is 2. The van der Waals surface area contributed by atoms with Crippen LogP contribution in [-0.4, -0.2) is 22.9 Å². The van der Waals surface area contributed by atoms with E-state index >= 15 is 0 Å². The van der Waals surface area contributed by atoms with Gasteiger partial charge < -0.3 is 10.2 Å². The lowest BCUT2D eigenvalue weighted by molar-refractivity contribution is 0.125. The molecule has 0 saturated carbocycles. The van der Waals surface area contributed by atoms with Gasteiger partial charge in [-0.1, -0.05) is 12.2 Å². The van der Waals surface area contributed by atoms with Crippen molar-refractivity contribution in [1.82, 2.24) is 0 Å². The van der Waals surface area contributed by atoms with Crippen molar-refractivity contribution in [1.29, 1.82) is 0 Å². The van der Waals surface area contributed by atoms with E-state index in [1.165, 1.54) is 0 Å². The molecule has 0 amide bonds. The van der Waals surface area contributed by atoms with Gasteiger partial charge in [0.15, 0.2) is 0 Å². The van der Waals surface area contributed by atoms with Crippen LogP contribution in [-0.2, 0) is 0 Å². The lowest BCUT2D eigenvalue weighted by atomic mass is 10.0. The Morgan fingerprint density at radius 3 is 2.78 bits per heavy atom. The van der Waals surface area contributed by atoms with Crippen molar-refractivity contribution in [3.05, 3.63) is 12.2 Å². The summed E-state index contributed by atoms with van der Waals surface area (Å²) in [5.74, 6) is 0.204. The van der Waals surface area contributed by atoms with Gasteiger partial charge in [-0.3, -0.25) is 0 Å². The van der Waals surface area contributed by atoms with Gasteiger partial charge in [-0.15, -0.1) is 0 Å². The second kappa shape index (κ2) is 2.99. The highest BCUT2D eigenvalue weighted by Gasteiger charge is 2.18. The normalized spacial score (nSPS) is 33.6. The molecule has 2 heteroatoms. The van der Waals surface area contributed by atoms with Gasteiger partial charge in [-0.25, -0.2) is 0 Å². The summed E-state index contributed by atoms with van der Waals surface area (Å²) in [7, 11) is 0. The van der Waals surface area contributed by atoms with E-state index in [9.17, 15) is 0 Å². The molecule has 2 atom stereocenters. The zero-order valence-electron chi connectivity index (χ0n) is 5.33. The molecule has 1 aliphatic rings. The van der Waals surface area contributed by atoms with E-state index in [1.807, 2.05) is 12.2 Å². The Labute approximate surface area is 54.8 Å². The first kappa shape index (κ1) is 6.78. The van der Waals surface area contributed by atoms with Crippen molar-refractivity contribution in [2.24, 2.45) is 5.92 Å². The Balaban J connectivity index is 2.31. The molecule has 0 radical (unpaired) electrons. The van der Waals surface area contributed by atoms with Crippen molar-refractivity contribution < 1.29 is 10.2 Å². The van der Waals surface area contributed by atoms with Gasteiger partial charge in [0.2, 0.25) is 0 Å². The molecule has 2 N–H and O–H groups in total. The van der Waals surface area contributed by atoms with Crippen molar-refractivity contribution in [2.75, 3.05) is 6.61 Å². The molecule has 0 aromatic carbocycles. The number of aliphatic hydroxyl groups excluding tert-OH is 2. The molecule has 0 aliphatic heterocycles. The fourth-order valence-electron chi connectivity index (χ4n) is 1.13. The molecule has 9 heavy (non-hydrogen) atoms. The van der Waals surface area contributed by atoms with Gasteiger partial charge in [-0.05, 0) is 12.8 Å². The maximum atomic E-state index is 9.15. The van der Waals surface area contributed by atoms with E-state index in [-0.39, 0.29) is 18.6 Å². The van der Waals surface area contributed by atoms with Gasteiger partial charge in [-0.2, -0.15) is 0 Å². The maximum Gasteiger partial charge on any atom is 0.0638 e. The third-order valence-electron chi connectivity index (χ3n) is 1.72. The fraction of sp³-hybridized carbons (Fsp3) is 0.714. The first-order valence-electron chi connectivity index (χ1n) is 3.30. The van der Waals surface area contributed by atoms with Crippen LogP contribution in [0.5, 0.6) is 0 Å². The summed E-state index contributed by atoms with van der Waals surface area (Å²) >= 11 is 0. The minimum Gasteiger partial charge on any atom is -0.396 e. The Bertz CT molecular complexity index is 109. The van der Waals surface area contributed by atoms with E-state index < -0.39 is 0 Å². The minimum absolute atomic E-state index is 0.173. The molecule has 1 aliphatic carbocycles. The average Bonchev–Trinajstić information content (AvgIpc) is 2.18. The summed E-state index contributed by atoms with van der Waals surface area (Å²) in [6, 6.07) is 0. The summed E-state index contributed by atoms with van der Waals surface area (Å²) in [6.45, 7) is 0.173. The van der Waals surface area contributed by atoms with Crippen LogP contribution in [0, 0.1) is 5.92 Å². The predicted octanol–water partition coefficient (Wildman–Crippen LogP) is 0.306. The van der Waals surface area contributed by atoms with Gasteiger partial charge >= 0.3 is 0 Å². The molecule has 0 heterocycles. The predicted molar refractivity (Wildman–Crippen MR) is 35.0 cm³/mol. The Hall–Kier alpha value is -0.340. The van der Waals surface area contributed by atoms with Crippen molar-refractivity contribution >= 4 is 0 Å². The third kappa shape index (κ3) is 1.53. The number of hydrogen-bond donors (Lipinski definition) is 2. The Morgan fingerprint density at radius 1 is 1.56 bits per heavy atom. The zero-order valence-corrected chi connectivity index (χ0v) is 5.33. The summed E-state index contributed by atoms with van der Waals surface area (Å²) in [6.07, 6.45) is 5.14. The lowest BCUT2D eigenvalue weighted by Crippen LogP contribution is -2.14. The zero-order chi connectivity index (χ0) is 6.69. The molecule has 0 unspecified atom stereocenters.